The van der Waals surface area contributed by atoms with Gasteiger partial charge in [-0.3, -0.25) is 4.79 Å². The van der Waals surface area contributed by atoms with Crippen molar-refractivity contribution in [2.45, 2.75) is 44.4 Å². The minimum Gasteiger partial charge on any atom is -0.373 e. The van der Waals surface area contributed by atoms with E-state index in [1.165, 1.54) is 45.0 Å². The van der Waals surface area contributed by atoms with Crippen LogP contribution < -0.4 is 10.9 Å². The molecule has 1 heterocycles. The number of aryl methyl sites for hydroxylation is 1. The second-order valence-corrected chi connectivity index (χ2v) is 8.58. The molecular weight excluding hydrogens is 449 g/mol. The van der Waals surface area contributed by atoms with Gasteiger partial charge in [0, 0.05) is 22.5 Å². The first-order valence-corrected chi connectivity index (χ1v) is 9.90. The van der Waals surface area contributed by atoms with Crippen molar-refractivity contribution in [2.75, 3.05) is 5.32 Å². The van der Waals surface area contributed by atoms with Crippen LogP contribution in [0.4, 0.5) is 18.9 Å². The highest BCUT2D eigenvalue weighted by Gasteiger charge is 2.61. The van der Waals surface area contributed by atoms with Crippen molar-refractivity contribution in [1.29, 1.82) is 0 Å². The minimum absolute atomic E-state index is 0.0452. The van der Waals surface area contributed by atoms with Crippen molar-refractivity contribution >= 4 is 34.0 Å². The second-order valence-electron chi connectivity index (χ2n) is 8.17. The molecule has 0 aliphatic carbocycles. The predicted octanol–water partition coefficient (Wildman–Crippen LogP) is 4.75. The summed E-state index contributed by atoms with van der Waals surface area (Å²) in [6.07, 6.45) is -6.25. The third kappa shape index (κ3) is 4.35. The molecule has 0 bridgehead atoms. The van der Waals surface area contributed by atoms with Gasteiger partial charge in [0.2, 0.25) is 5.60 Å². The fourth-order valence-electron chi connectivity index (χ4n) is 3.60. The fourth-order valence-corrected chi connectivity index (χ4v) is 3.99. The molecule has 6 nitrogen and oxygen atoms in total. The van der Waals surface area contributed by atoms with E-state index in [9.17, 15) is 27.9 Å². The van der Waals surface area contributed by atoms with E-state index in [0.717, 1.165) is 0 Å². The van der Waals surface area contributed by atoms with E-state index in [0.29, 0.717) is 16.6 Å². The van der Waals surface area contributed by atoms with E-state index in [4.69, 9.17) is 11.6 Å². The number of carbonyl (C=O) groups is 1. The van der Waals surface area contributed by atoms with Gasteiger partial charge in [-0.1, -0.05) is 48.8 Å². The summed E-state index contributed by atoms with van der Waals surface area (Å²) in [6, 6.07) is 10.1. The second kappa shape index (κ2) is 8.22. The largest absolute Gasteiger partial charge is 0.426 e. The molecule has 2 N–H and O–H groups in total. The lowest BCUT2D eigenvalue weighted by Gasteiger charge is -2.37. The summed E-state index contributed by atoms with van der Waals surface area (Å²) in [5, 5.41) is 17.0. The number of anilines is 1. The summed E-state index contributed by atoms with van der Waals surface area (Å²) < 4.78 is 46.5. The Bertz CT molecular complexity index is 1240. The summed E-state index contributed by atoms with van der Waals surface area (Å²) in [6.45, 7) is 4.46. The van der Waals surface area contributed by atoms with Gasteiger partial charge in [0.15, 0.2) is 0 Å². The number of carbonyl (C=O) groups excluding carboxylic acids is 1. The number of halogens is 4. The van der Waals surface area contributed by atoms with Gasteiger partial charge in [-0.05, 0) is 42.2 Å². The van der Waals surface area contributed by atoms with Crippen LogP contribution in [0.2, 0.25) is 5.02 Å². The molecule has 0 aliphatic heterocycles. The molecule has 0 spiro atoms. The fraction of sp³-hybridized carbons (Fsp3) is 0.318. The number of benzene rings is 2. The van der Waals surface area contributed by atoms with Gasteiger partial charge < -0.3 is 14.9 Å². The maximum absolute atomic E-state index is 14.0. The lowest BCUT2D eigenvalue weighted by molar-refractivity contribution is -0.254. The van der Waals surface area contributed by atoms with Crippen LogP contribution in [-0.2, 0) is 10.2 Å². The number of hydrogen-bond donors (Lipinski definition) is 2. The first-order valence-electron chi connectivity index (χ1n) is 9.52. The Morgan fingerprint density at radius 2 is 1.81 bits per heavy atom. The van der Waals surface area contributed by atoms with Crippen molar-refractivity contribution in [3.8, 4) is 0 Å². The minimum atomic E-state index is -5.27. The summed E-state index contributed by atoms with van der Waals surface area (Å²) in [7, 11) is 0. The molecule has 10 heteroatoms. The molecule has 32 heavy (non-hydrogen) atoms. The number of nitrogens with zero attached hydrogens (tertiary/aromatic N) is 1. The summed E-state index contributed by atoms with van der Waals surface area (Å²) in [4.78, 5) is 24.5. The SMILES string of the molecule is Cc1noc(=O)c2ccc(NC(=O)C(O)(CC(C)(C)c3ccccc3Cl)C(F)(F)F)cc12. The normalized spacial score (nSPS) is 14.2. The zero-order valence-electron chi connectivity index (χ0n) is 17.4. The van der Waals surface area contributed by atoms with E-state index < -0.39 is 35.1 Å². The zero-order valence-corrected chi connectivity index (χ0v) is 18.1. The molecule has 1 unspecified atom stereocenters. The maximum Gasteiger partial charge on any atom is 0.426 e. The maximum atomic E-state index is 14.0. The van der Waals surface area contributed by atoms with Crippen molar-refractivity contribution in [1.82, 2.24) is 5.16 Å². The first-order chi connectivity index (χ1) is 14.8. The average Bonchev–Trinajstić information content (AvgIpc) is 2.70. The first kappa shape index (κ1) is 23.7. The molecule has 3 rings (SSSR count). The number of amides is 1. The highest BCUT2D eigenvalue weighted by Crippen LogP contribution is 2.43. The molecule has 1 amide bonds. The molecule has 1 aromatic heterocycles. The van der Waals surface area contributed by atoms with Crippen LogP contribution in [0.5, 0.6) is 0 Å². The van der Waals surface area contributed by atoms with Gasteiger partial charge in [0.25, 0.3) is 5.91 Å². The van der Waals surface area contributed by atoms with E-state index >= 15 is 0 Å². The number of alkyl halides is 3. The van der Waals surface area contributed by atoms with Crippen molar-refractivity contribution in [3.05, 3.63) is 69.2 Å². The molecule has 0 fully saturated rings. The quantitative estimate of drug-likeness (QED) is 0.563. The Balaban J connectivity index is 1.98. The average molecular weight is 469 g/mol. The molecule has 0 saturated heterocycles. The summed E-state index contributed by atoms with van der Waals surface area (Å²) in [5.74, 6) is -1.65. The van der Waals surface area contributed by atoms with Crippen LogP contribution >= 0.6 is 11.6 Å². The molecule has 1 atom stereocenters. The number of aromatic nitrogens is 1. The van der Waals surface area contributed by atoms with Crippen molar-refractivity contribution in [3.63, 3.8) is 0 Å². The number of fused-ring (bicyclic) bond motifs is 1. The third-order valence-electron chi connectivity index (χ3n) is 5.30. The highest BCUT2D eigenvalue weighted by molar-refractivity contribution is 6.31. The molecule has 0 saturated carbocycles. The number of hydrogen-bond acceptors (Lipinski definition) is 5. The number of nitrogens with one attached hydrogen (secondary N) is 1. The zero-order chi connectivity index (χ0) is 23.9. The molecule has 0 radical (unpaired) electrons. The van der Waals surface area contributed by atoms with Crippen LogP contribution in [0, 0.1) is 6.92 Å². The van der Waals surface area contributed by atoms with Crippen molar-refractivity contribution < 1.29 is 27.6 Å². The lowest BCUT2D eigenvalue weighted by atomic mass is 9.74. The van der Waals surface area contributed by atoms with Crippen LogP contribution in [0.15, 0.2) is 51.8 Å². The van der Waals surface area contributed by atoms with Crippen LogP contribution in [0.3, 0.4) is 0 Å². The number of aliphatic hydroxyl groups is 1. The Morgan fingerprint density at radius 3 is 2.44 bits per heavy atom. The van der Waals surface area contributed by atoms with Gasteiger partial charge in [-0.2, -0.15) is 13.2 Å². The predicted molar refractivity (Wildman–Crippen MR) is 114 cm³/mol. The van der Waals surface area contributed by atoms with Crippen LogP contribution in [0.25, 0.3) is 10.8 Å². The van der Waals surface area contributed by atoms with Crippen LogP contribution in [-0.4, -0.2) is 27.9 Å². The van der Waals surface area contributed by atoms with E-state index in [1.54, 1.807) is 18.2 Å². The summed E-state index contributed by atoms with van der Waals surface area (Å²) in [5.41, 5.74) is -5.12. The van der Waals surface area contributed by atoms with Crippen molar-refractivity contribution in [2.24, 2.45) is 0 Å². The summed E-state index contributed by atoms with van der Waals surface area (Å²) >= 11 is 6.14. The topological polar surface area (TPSA) is 92.4 Å². The Kier molecular flexibility index (Phi) is 6.10. The molecule has 3 aromatic rings. The van der Waals surface area contributed by atoms with Gasteiger partial charge >= 0.3 is 11.8 Å². The number of rotatable bonds is 5. The third-order valence-corrected chi connectivity index (χ3v) is 5.63. The Morgan fingerprint density at radius 1 is 1.16 bits per heavy atom. The van der Waals surface area contributed by atoms with Crippen LogP contribution in [0.1, 0.15) is 31.5 Å². The smallest absolute Gasteiger partial charge is 0.373 e. The Hall–Kier alpha value is -2.91. The van der Waals surface area contributed by atoms with E-state index in [1.807, 2.05) is 0 Å². The standard InChI is InChI=1S/C22H20ClF3N2O4/c1-12-15-10-13(8-9-14(15)18(29)32-28-12)27-19(30)21(31,22(24,25)26)11-20(2,3)16-6-4-5-7-17(16)23/h4-10,31H,11H2,1-3H3,(H,27,30). The lowest BCUT2D eigenvalue weighted by Crippen LogP contribution is -2.57. The molecule has 0 aliphatic rings. The molecule has 170 valence electrons. The molecular formula is C22H20ClF3N2O4. The van der Waals surface area contributed by atoms with Gasteiger partial charge in [0.05, 0.1) is 11.1 Å². The van der Waals surface area contributed by atoms with Gasteiger partial charge in [-0.15, -0.1) is 0 Å². The monoisotopic (exact) mass is 468 g/mol. The van der Waals surface area contributed by atoms with Gasteiger partial charge in [-0.25, -0.2) is 4.79 Å². The van der Waals surface area contributed by atoms with E-state index in [-0.39, 0.29) is 16.1 Å². The van der Waals surface area contributed by atoms with Gasteiger partial charge in [0.1, 0.15) is 0 Å². The highest BCUT2D eigenvalue weighted by atomic mass is 35.5. The van der Waals surface area contributed by atoms with E-state index in [2.05, 4.69) is 15.0 Å². The molecule has 2 aromatic carbocycles. The Labute approximate surface area is 186 Å².